The van der Waals surface area contributed by atoms with Gasteiger partial charge in [0.05, 0.1) is 12.7 Å². The summed E-state index contributed by atoms with van der Waals surface area (Å²) < 4.78 is 6.30. The second-order valence-corrected chi connectivity index (χ2v) is 5.13. The molecule has 21 heavy (non-hydrogen) atoms. The molecule has 0 fully saturated rings. The normalized spacial score (nSPS) is 10.4. The van der Waals surface area contributed by atoms with Crippen molar-refractivity contribution in [1.82, 2.24) is 4.57 Å². The van der Waals surface area contributed by atoms with Crippen LogP contribution in [-0.4, -0.2) is 17.6 Å². The summed E-state index contributed by atoms with van der Waals surface area (Å²) in [6, 6.07) is 10.6. The van der Waals surface area contributed by atoms with Crippen LogP contribution in [0, 0.1) is 6.92 Å². The Kier molecular flexibility index (Phi) is 4.81. The number of hydrogen-bond acceptors (Lipinski definition) is 3. The van der Waals surface area contributed by atoms with Crippen LogP contribution < -0.4 is 5.56 Å². The summed E-state index contributed by atoms with van der Waals surface area (Å²) >= 11 is 5.85. The molecule has 0 amide bonds. The molecule has 5 heteroatoms. The van der Waals surface area contributed by atoms with E-state index in [9.17, 15) is 9.59 Å². The summed E-state index contributed by atoms with van der Waals surface area (Å²) in [5.41, 5.74) is 2.24. The Morgan fingerprint density at radius 2 is 1.86 bits per heavy atom. The lowest BCUT2D eigenvalue weighted by Gasteiger charge is -2.10. The molecule has 0 bridgehead atoms. The van der Waals surface area contributed by atoms with Crippen molar-refractivity contribution in [2.24, 2.45) is 0 Å². The van der Waals surface area contributed by atoms with Gasteiger partial charge in [-0.2, -0.15) is 0 Å². The van der Waals surface area contributed by atoms with Gasteiger partial charge in [0.15, 0.2) is 0 Å². The van der Waals surface area contributed by atoms with Crippen molar-refractivity contribution in [3.05, 3.63) is 68.6 Å². The van der Waals surface area contributed by atoms with E-state index in [4.69, 9.17) is 11.6 Å². The molecule has 0 radical (unpaired) electrons. The van der Waals surface area contributed by atoms with E-state index in [1.165, 1.54) is 7.11 Å². The van der Waals surface area contributed by atoms with Crippen LogP contribution in [-0.2, 0) is 17.7 Å². The Hall–Kier alpha value is -2.07. The number of nitrogens with zero attached hydrogens (tertiary/aromatic N) is 1. The highest BCUT2D eigenvalue weighted by Crippen LogP contribution is 2.09. The highest BCUT2D eigenvalue weighted by Gasteiger charge is 2.06. The van der Waals surface area contributed by atoms with E-state index in [0.717, 1.165) is 11.3 Å². The first kappa shape index (κ1) is 15.3. The van der Waals surface area contributed by atoms with Gasteiger partial charge in [0.1, 0.15) is 5.02 Å². The zero-order chi connectivity index (χ0) is 15.4. The van der Waals surface area contributed by atoms with Gasteiger partial charge in [-0.25, -0.2) is 4.79 Å². The van der Waals surface area contributed by atoms with Crippen LogP contribution in [0.5, 0.6) is 0 Å². The van der Waals surface area contributed by atoms with Crippen LogP contribution >= 0.6 is 11.6 Å². The van der Waals surface area contributed by atoms with Crippen molar-refractivity contribution in [1.29, 1.82) is 0 Å². The van der Waals surface area contributed by atoms with E-state index < -0.39 is 0 Å². The van der Waals surface area contributed by atoms with Gasteiger partial charge in [-0.15, -0.1) is 0 Å². The fourth-order valence-corrected chi connectivity index (χ4v) is 2.25. The lowest BCUT2D eigenvalue weighted by Crippen LogP contribution is -2.23. The second kappa shape index (κ2) is 6.59. The van der Waals surface area contributed by atoms with Gasteiger partial charge in [0.2, 0.25) is 0 Å². The standard InChI is InChI=1S/C16H16ClNO3/c1-11-3-8-14(17)15(19)18(11)10-9-12-4-6-13(7-5-12)16(20)21-2/h3-8H,9-10H2,1-2H3. The predicted octanol–water partition coefficient (Wildman–Crippen LogP) is 2.84. The van der Waals surface area contributed by atoms with Crippen molar-refractivity contribution >= 4 is 17.6 Å². The number of pyridine rings is 1. The van der Waals surface area contributed by atoms with E-state index in [-0.39, 0.29) is 16.6 Å². The van der Waals surface area contributed by atoms with Gasteiger partial charge in [0, 0.05) is 12.2 Å². The van der Waals surface area contributed by atoms with Crippen LogP contribution in [0.3, 0.4) is 0 Å². The molecular formula is C16H16ClNO3. The molecule has 2 rings (SSSR count). The molecule has 0 atom stereocenters. The van der Waals surface area contributed by atoms with Gasteiger partial charge in [-0.1, -0.05) is 23.7 Å². The molecule has 110 valence electrons. The first-order valence-electron chi connectivity index (χ1n) is 6.56. The summed E-state index contributed by atoms with van der Waals surface area (Å²) in [7, 11) is 1.35. The number of hydrogen-bond donors (Lipinski definition) is 0. The highest BCUT2D eigenvalue weighted by atomic mass is 35.5. The molecule has 0 saturated carbocycles. The van der Waals surface area contributed by atoms with Crippen LogP contribution in [0.2, 0.25) is 5.02 Å². The van der Waals surface area contributed by atoms with E-state index in [2.05, 4.69) is 4.74 Å². The summed E-state index contributed by atoms with van der Waals surface area (Å²) in [5.74, 6) is -0.358. The molecule has 0 aliphatic carbocycles. The van der Waals surface area contributed by atoms with Gasteiger partial charge in [-0.3, -0.25) is 4.79 Å². The second-order valence-electron chi connectivity index (χ2n) is 4.72. The Balaban J connectivity index is 2.12. The van der Waals surface area contributed by atoms with Crippen LogP contribution in [0.25, 0.3) is 0 Å². The number of methoxy groups -OCH3 is 1. The molecule has 2 aromatic rings. The average molecular weight is 306 g/mol. The third-order valence-corrected chi connectivity index (χ3v) is 3.63. The number of aryl methyl sites for hydroxylation is 2. The SMILES string of the molecule is COC(=O)c1ccc(CCn2c(C)ccc(Cl)c2=O)cc1. The maximum Gasteiger partial charge on any atom is 0.337 e. The Labute approximate surface area is 127 Å². The van der Waals surface area contributed by atoms with Crippen LogP contribution in [0.1, 0.15) is 21.6 Å². The summed E-state index contributed by atoms with van der Waals surface area (Å²) in [6.45, 7) is 2.42. The predicted molar refractivity (Wildman–Crippen MR) is 81.9 cm³/mol. The summed E-state index contributed by atoms with van der Waals surface area (Å²) in [6.07, 6.45) is 0.683. The minimum absolute atomic E-state index is 0.178. The maximum absolute atomic E-state index is 12.0. The van der Waals surface area contributed by atoms with Crippen molar-refractivity contribution in [2.75, 3.05) is 7.11 Å². The van der Waals surface area contributed by atoms with Crippen molar-refractivity contribution in [2.45, 2.75) is 19.9 Å². The van der Waals surface area contributed by atoms with Crippen LogP contribution in [0.15, 0.2) is 41.2 Å². The molecule has 0 aliphatic rings. The fourth-order valence-electron chi connectivity index (χ4n) is 2.09. The molecule has 0 saturated heterocycles. The minimum Gasteiger partial charge on any atom is -0.465 e. The number of esters is 1. The van der Waals surface area contributed by atoms with Gasteiger partial charge in [0.25, 0.3) is 5.56 Å². The van der Waals surface area contributed by atoms with Gasteiger partial charge in [-0.05, 0) is 43.2 Å². The highest BCUT2D eigenvalue weighted by molar-refractivity contribution is 6.30. The smallest absolute Gasteiger partial charge is 0.337 e. The number of halogens is 1. The molecule has 1 heterocycles. The molecular weight excluding hydrogens is 290 g/mol. The van der Waals surface area contributed by atoms with E-state index in [1.54, 1.807) is 22.8 Å². The van der Waals surface area contributed by atoms with E-state index >= 15 is 0 Å². The summed E-state index contributed by atoms with van der Waals surface area (Å²) in [5, 5.41) is 0.224. The fraction of sp³-hybridized carbons (Fsp3) is 0.250. The lowest BCUT2D eigenvalue weighted by atomic mass is 10.1. The first-order valence-corrected chi connectivity index (χ1v) is 6.94. The molecule has 0 N–H and O–H groups in total. The number of aromatic nitrogens is 1. The van der Waals surface area contributed by atoms with Gasteiger partial charge >= 0.3 is 5.97 Å². The third kappa shape index (κ3) is 3.52. The average Bonchev–Trinajstić information content (AvgIpc) is 2.51. The third-order valence-electron chi connectivity index (χ3n) is 3.35. The van der Waals surface area contributed by atoms with Crippen molar-refractivity contribution in [3.8, 4) is 0 Å². The topological polar surface area (TPSA) is 48.3 Å². The Bertz CT molecular complexity index is 704. The number of ether oxygens (including phenoxy) is 1. The zero-order valence-electron chi connectivity index (χ0n) is 11.9. The number of benzene rings is 1. The molecule has 1 aromatic carbocycles. The molecule has 0 spiro atoms. The number of rotatable bonds is 4. The Morgan fingerprint density at radius 1 is 1.19 bits per heavy atom. The Morgan fingerprint density at radius 3 is 2.48 bits per heavy atom. The van der Waals surface area contributed by atoms with Gasteiger partial charge < -0.3 is 9.30 Å². The largest absolute Gasteiger partial charge is 0.465 e. The lowest BCUT2D eigenvalue weighted by molar-refractivity contribution is 0.0600. The summed E-state index contributed by atoms with van der Waals surface area (Å²) in [4.78, 5) is 23.3. The maximum atomic E-state index is 12.0. The van der Waals surface area contributed by atoms with E-state index in [0.29, 0.717) is 18.5 Å². The number of carbonyl (C=O) groups is 1. The number of carbonyl (C=O) groups excluding carboxylic acids is 1. The first-order chi connectivity index (χ1) is 10.0. The monoisotopic (exact) mass is 305 g/mol. The van der Waals surface area contributed by atoms with Crippen molar-refractivity contribution < 1.29 is 9.53 Å². The molecule has 0 aliphatic heterocycles. The van der Waals surface area contributed by atoms with E-state index in [1.807, 2.05) is 25.1 Å². The quantitative estimate of drug-likeness (QED) is 0.816. The molecule has 0 unspecified atom stereocenters. The molecule has 1 aromatic heterocycles. The van der Waals surface area contributed by atoms with Crippen molar-refractivity contribution in [3.63, 3.8) is 0 Å². The molecule has 4 nitrogen and oxygen atoms in total. The van der Waals surface area contributed by atoms with Crippen LogP contribution in [0.4, 0.5) is 0 Å². The minimum atomic E-state index is -0.358. The zero-order valence-corrected chi connectivity index (χ0v) is 12.7.